The number of aliphatic hydroxyl groups is 1. The van der Waals surface area contributed by atoms with Gasteiger partial charge in [-0.1, -0.05) is 13.8 Å². The number of methoxy groups -OCH3 is 2. The Kier molecular flexibility index (Phi) is 3.81. The van der Waals surface area contributed by atoms with Gasteiger partial charge in [-0.25, -0.2) is 0 Å². The molecular weight excluding hydrogens is 204 g/mol. The van der Waals surface area contributed by atoms with Crippen LogP contribution in [0.5, 0.6) is 11.5 Å². The van der Waals surface area contributed by atoms with Crippen molar-refractivity contribution in [2.24, 2.45) is 0 Å². The van der Waals surface area contributed by atoms with Gasteiger partial charge in [0.1, 0.15) is 11.5 Å². The quantitative estimate of drug-likeness (QED) is 0.852. The molecule has 1 N–H and O–H groups in total. The molecule has 3 heteroatoms. The number of hydrogen-bond donors (Lipinski definition) is 1. The van der Waals surface area contributed by atoms with Crippen molar-refractivity contribution in [1.29, 1.82) is 0 Å². The minimum atomic E-state index is -0.318. The first kappa shape index (κ1) is 12.8. The van der Waals surface area contributed by atoms with E-state index in [-0.39, 0.29) is 12.0 Å². The minimum absolute atomic E-state index is 0.0799. The number of ether oxygens (including phenoxy) is 2. The molecule has 0 spiro atoms. The minimum Gasteiger partial charge on any atom is -0.497 e. The highest BCUT2D eigenvalue weighted by molar-refractivity contribution is 5.49. The van der Waals surface area contributed by atoms with Crippen LogP contribution in [0.2, 0.25) is 0 Å². The molecule has 0 radical (unpaired) electrons. The van der Waals surface area contributed by atoms with Gasteiger partial charge in [0.25, 0.3) is 0 Å². The first-order valence-corrected chi connectivity index (χ1v) is 5.30. The average Bonchev–Trinajstić information content (AvgIpc) is 2.27. The second kappa shape index (κ2) is 4.74. The first-order chi connectivity index (χ1) is 7.46. The zero-order valence-electron chi connectivity index (χ0n) is 10.6. The number of benzene rings is 1. The lowest BCUT2D eigenvalue weighted by Crippen LogP contribution is -2.24. The van der Waals surface area contributed by atoms with Crippen molar-refractivity contribution in [2.45, 2.75) is 26.2 Å². The summed E-state index contributed by atoms with van der Waals surface area (Å²) in [5, 5.41) is 9.43. The van der Waals surface area contributed by atoms with Crippen molar-refractivity contribution >= 4 is 0 Å². The molecular formula is C13H20O3. The molecule has 90 valence electrons. The Bertz CT molecular complexity index is 370. The van der Waals surface area contributed by atoms with Gasteiger partial charge in [-0.2, -0.15) is 0 Å². The Morgan fingerprint density at radius 3 is 2.25 bits per heavy atom. The van der Waals surface area contributed by atoms with E-state index in [1.165, 1.54) is 0 Å². The molecule has 0 aliphatic rings. The third-order valence-electron chi connectivity index (χ3n) is 2.80. The van der Waals surface area contributed by atoms with E-state index in [1.807, 2.05) is 32.9 Å². The molecule has 0 aromatic heterocycles. The van der Waals surface area contributed by atoms with E-state index in [1.54, 1.807) is 14.2 Å². The van der Waals surface area contributed by atoms with Gasteiger partial charge in [-0.15, -0.1) is 0 Å². The van der Waals surface area contributed by atoms with Crippen LogP contribution in [0.4, 0.5) is 0 Å². The Labute approximate surface area is 97.0 Å². The lowest BCUT2D eigenvalue weighted by molar-refractivity contribution is 0.214. The fraction of sp³-hybridized carbons (Fsp3) is 0.538. The number of rotatable bonds is 4. The lowest BCUT2D eigenvalue weighted by atomic mass is 9.82. The van der Waals surface area contributed by atoms with Crippen molar-refractivity contribution in [3.8, 4) is 11.5 Å². The molecule has 0 unspecified atom stereocenters. The third kappa shape index (κ3) is 2.30. The Morgan fingerprint density at radius 1 is 1.19 bits per heavy atom. The number of hydrogen-bond acceptors (Lipinski definition) is 3. The molecule has 3 nitrogen and oxygen atoms in total. The summed E-state index contributed by atoms with van der Waals surface area (Å²) >= 11 is 0. The van der Waals surface area contributed by atoms with Crippen LogP contribution >= 0.6 is 0 Å². The van der Waals surface area contributed by atoms with Gasteiger partial charge >= 0.3 is 0 Å². The molecule has 1 aromatic rings. The first-order valence-electron chi connectivity index (χ1n) is 5.30. The highest BCUT2D eigenvalue weighted by Gasteiger charge is 2.26. The van der Waals surface area contributed by atoms with Crippen LogP contribution < -0.4 is 9.47 Å². The zero-order chi connectivity index (χ0) is 12.3. The average molecular weight is 224 g/mol. The molecule has 1 aromatic carbocycles. The fourth-order valence-electron chi connectivity index (χ4n) is 1.95. The van der Waals surface area contributed by atoms with Crippen LogP contribution in [0.1, 0.15) is 25.0 Å². The molecule has 0 bridgehead atoms. The summed E-state index contributed by atoms with van der Waals surface area (Å²) in [5.74, 6) is 1.53. The highest BCUT2D eigenvalue weighted by atomic mass is 16.5. The van der Waals surface area contributed by atoms with Gasteiger partial charge in [0.05, 0.1) is 20.8 Å². The Morgan fingerprint density at radius 2 is 1.81 bits per heavy atom. The van der Waals surface area contributed by atoms with Gasteiger partial charge in [0, 0.05) is 17.0 Å². The predicted molar refractivity (Wildman–Crippen MR) is 64.4 cm³/mol. The molecule has 1 rings (SSSR count). The predicted octanol–water partition coefficient (Wildman–Crippen LogP) is 2.28. The van der Waals surface area contributed by atoms with Crippen LogP contribution in [0.25, 0.3) is 0 Å². The maximum absolute atomic E-state index is 9.43. The van der Waals surface area contributed by atoms with Crippen molar-refractivity contribution in [1.82, 2.24) is 0 Å². The molecule has 0 aliphatic heterocycles. The summed E-state index contributed by atoms with van der Waals surface area (Å²) < 4.78 is 10.6. The zero-order valence-corrected chi connectivity index (χ0v) is 10.6. The van der Waals surface area contributed by atoms with E-state index < -0.39 is 0 Å². The van der Waals surface area contributed by atoms with Crippen LogP contribution in [0.15, 0.2) is 12.1 Å². The van der Waals surface area contributed by atoms with Crippen LogP contribution in [-0.4, -0.2) is 25.9 Å². The normalized spacial score (nSPS) is 11.4. The molecule has 16 heavy (non-hydrogen) atoms. The highest BCUT2D eigenvalue weighted by Crippen LogP contribution is 2.37. The summed E-state index contributed by atoms with van der Waals surface area (Å²) in [6.45, 7) is 6.06. The van der Waals surface area contributed by atoms with E-state index >= 15 is 0 Å². The smallest absolute Gasteiger partial charge is 0.126 e. The van der Waals surface area contributed by atoms with Crippen LogP contribution in [0.3, 0.4) is 0 Å². The van der Waals surface area contributed by atoms with Crippen molar-refractivity contribution < 1.29 is 14.6 Å². The molecule has 0 heterocycles. The van der Waals surface area contributed by atoms with Crippen molar-refractivity contribution in [3.05, 3.63) is 23.3 Å². The largest absolute Gasteiger partial charge is 0.497 e. The van der Waals surface area contributed by atoms with E-state index in [9.17, 15) is 5.11 Å². The maximum atomic E-state index is 9.43. The molecule has 0 amide bonds. The van der Waals surface area contributed by atoms with E-state index in [0.29, 0.717) is 0 Å². The summed E-state index contributed by atoms with van der Waals surface area (Å²) in [5.41, 5.74) is 1.77. The van der Waals surface area contributed by atoms with Gasteiger partial charge in [-0.05, 0) is 18.6 Å². The topological polar surface area (TPSA) is 38.7 Å². The van der Waals surface area contributed by atoms with Crippen molar-refractivity contribution in [3.63, 3.8) is 0 Å². The summed E-state index contributed by atoms with van der Waals surface area (Å²) in [6.07, 6.45) is 0. The molecule has 0 fully saturated rings. The fourth-order valence-corrected chi connectivity index (χ4v) is 1.95. The summed E-state index contributed by atoms with van der Waals surface area (Å²) in [6, 6.07) is 3.80. The van der Waals surface area contributed by atoms with Gasteiger partial charge in [-0.3, -0.25) is 0 Å². The van der Waals surface area contributed by atoms with Crippen LogP contribution in [-0.2, 0) is 5.41 Å². The second-order valence-electron chi connectivity index (χ2n) is 4.56. The number of aryl methyl sites for hydroxylation is 1. The van der Waals surface area contributed by atoms with Gasteiger partial charge < -0.3 is 14.6 Å². The van der Waals surface area contributed by atoms with Gasteiger partial charge in [0.15, 0.2) is 0 Å². The van der Waals surface area contributed by atoms with E-state index in [0.717, 1.165) is 22.6 Å². The summed E-state index contributed by atoms with van der Waals surface area (Å²) in [4.78, 5) is 0. The monoisotopic (exact) mass is 224 g/mol. The standard InChI is InChI=1S/C13H20O3/c1-9-6-10(15-4)7-11(16-5)12(9)13(2,3)8-14/h6-7,14H,8H2,1-5H3. The maximum Gasteiger partial charge on any atom is 0.126 e. The Balaban J connectivity index is 3.38. The van der Waals surface area contributed by atoms with E-state index in [2.05, 4.69) is 0 Å². The summed E-state index contributed by atoms with van der Waals surface area (Å²) in [7, 11) is 3.26. The third-order valence-corrected chi connectivity index (χ3v) is 2.80. The molecule has 0 saturated carbocycles. The molecule has 0 saturated heterocycles. The lowest BCUT2D eigenvalue weighted by Gasteiger charge is -2.27. The van der Waals surface area contributed by atoms with Gasteiger partial charge in [0.2, 0.25) is 0 Å². The van der Waals surface area contributed by atoms with Crippen LogP contribution in [0, 0.1) is 6.92 Å². The molecule has 0 atom stereocenters. The number of aliphatic hydroxyl groups excluding tert-OH is 1. The molecule has 0 aliphatic carbocycles. The van der Waals surface area contributed by atoms with Crippen molar-refractivity contribution in [2.75, 3.05) is 20.8 Å². The second-order valence-corrected chi connectivity index (χ2v) is 4.56. The van der Waals surface area contributed by atoms with E-state index in [4.69, 9.17) is 9.47 Å². The Hall–Kier alpha value is -1.22. The SMILES string of the molecule is COc1cc(C)c(C(C)(C)CO)c(OC)c1.